The molecule has 5 nitrogen and oxygen atoms in total. The molecule has 0 saturated heterocycles. The Morgan fingerprint density at radius 1 is 1.11 bits per heavy atom. The van der Waals surface area contributed by atoms with E-state index in [1.807, 2.05) is 32.0 Å². The molecule has 146 valence electrons. The molecule has 0 fully saturated rings. The van der Waals surface area contributed by atoms with E-state index in [-0.39, 0.29) is 5.91 Å². The molecule has 0 aliphatic carbocycles. The van der Waals surface area contributed by atoms with Crippen LogP contribution in [0.25, 0.3) is 0 Å². The molecule has 0 aliphatic heterocycles. The van der Waals surface area contributed by atoms with Crippen LogP contribution in [0.2, 0.25) is 5.02 Å². The van der Waals surface area contributed by atoms with Crippen molar-refractivity contribution in [2.45, 2.75) is 39.8 Å². The summed E-state index contributed by atoms with van der Waals surface area (Å²) in [5, 5.41) is 3.45. The van der Waals surface area contributed by atoms with Crippen molar-refractivity contribution in [3.8, 4) is 0 Å². The molecular weight excluding hydrogens is 384 g/mol. The van der Waals surface area contributed by atoms with Gasteiger partial charge in [-0.05, 0) is 61.2 Å². The van der Waals surface area contributed by atoms with E-state index in [1.165, 1.54) is 4.31 Å². The molecule has 1 N–H and O–H groups in total. The molecule has 1 amide bonds. The lowest BCUT2D eigenvalue weighted by Gasteiger charge is -2.30. The summed E-state index contributed by atoms with van der Waals surface area (Å²) in [6.45, 7) is 5.98. The van der Waals surface area contributed by atoms with Crippen LogP contribution in [-0.4, -0.2) is 26.6 Å². The summed E-state index contributed by atoms with van der Waals surface area (Å²) in [4.78, 5) is 12.8. The number of hydrogen-bond acceptors (Lipinski definition) is 3. The number of nitrogens with zero attached hydrogens (tertiary/aromatic N) is 1. The number of halogens is 1. The maximum atomic E-state index is 12.8. The molecule has 27 heavy (non-hydrogen) atoms. The Morgan fingerprint density at radius 2 is 1.74 bits per heavy atom. The molecule has 0 heterocycles. The average Bonchev–Trinajstić information content (AvgIpc) is 2.60. The molecule has 0 spiro atoms. The highest BCUT2D eigenvalue weighted by Gasteiger charge is 2.31. The predicted octanol–water partition coefficient (Wildman–Crippen LogP) is 3.82. The maximum Gasteiger partial charge on any atom is 0.244 e. The zero-order valence-electron chi connectivity index (χ0n) is 16.0. The van der Waals surface area contributed by atoms with E-state index in [2.05, 4.69) is 5.32 Å². The van der Waals surface area contributed by atoms with Crippen LogP contribution in [0.15, 0.2) is 42.5 Å². The van der Waals surface area contributed by atoms with Gasteiger partial charge in [0.15, 0.2) is 0 Å². The van der Waals surface area contributed by atoms with E-state index in [1.54, 1.807) is 31.2 Å². The molecule has 0 saturated carbocycles. The van der Waals surface area contributed by atoms with Gasteiger partial charge in [0, 0.05) is 11.6 Å². The Bertz CT molecular complexity index is 911. The molecular formula is C20H25ClN2O3S. The third-order valence-electron chi connectivity index (χ3n) is 4.45. The van der Waals surface area contributed by atoms with Crippen LogP contribution in [-0.2, 0) is 21.4 Å². The topological polar surface area (TPSA) is 66.5 Å². The van der Waals surface area contributed by atoms with Crippen molar-refractivity contribution in [3.05, 3.63) is 64.2 Å². The van der Waals surface area contributed by atoms with Crippen molar-refractivity contribution >= 4 is 33.2 Å². The number of aryl methyl sites for hydroxylation is 2. The lowest BCUT2D eigenvalue weighted by atomic mass is 10.1. The highest BCUT2D eigenvalue weighted by molar-refractivity contribution is 7.92. The summed E-state index contributed by atoms with van der Waals surface area (Å²) in [5.41, 5.74) is 3.42. The first kappa shape index (κ1) is 21.3. The van der Waals surface area contributed by atoms with Crippen molar-refractivity contribution in [2.75, 3.05) is 10.6 Å². The van der Waals surface area contributed by atoms with E-state index in [9.17, 15) is 13.2 Å². The van der Waals surface area contributed by atoms with Crippen molar-refractivity contribution in [1.82, 2.24) is 5.32 Å². The second kappa shape index (κ2) is 8.76. The van der Waals surface area contributed by atoms with Crippen LogP contribution in [0, 0.1) is 13.8 Å². The molecule has 0 aliphatic rings. The van der Waals surface area contributed by atoms with Crippen molar-refractivity contribution in [1.29, 1.82) is 0 Å². The molecule has 1 atom stereocenters. The number of amides is 1. The first-order chi connectivity index (χ1) is 12.6. The fraction of sp³-hybridized carbons (Fsp3) is 0.350. The van der Waals surface area contributed by atoms with E-state index < -0.39 is 16.1 Å². The summed E-state index contributed by atoms with van der Waals surface area (Å²) in [5.74, 6) is -0.337. The Morgan fingerprint density at radius 3 is 2.26 bits per heavy atom. The van der Waals surface area contributed by atoms with Crippen LogP contribution in [0.3, 0.4) is 0 Å². The zero-order chi connectivity index (χ0) is 20.2. The quantitative estimate of drug-likeness (QED) is 0.757. The first-order valence-corrected chi connectivity index (χ1v) is 10.9. The van der Waals surface area contributed by atoms with E-state index >= 15 is 0 Å². The van der Waals surface area contributed by atoms with Gasteiger partial charge in [-0.25, -0.2) is 8.42 Å². The third-order valence-corrected chi connectivity index (χ3v) is 5.89. The lowest BCUT2D eigenvalue weighted by Crippen LogP contribution is -2.49. The molecule has 2 rings (SSSR count). The van der Waals surface area contributed by atoms with Gasteiger partial charge in [-0.2, -0.15) is 0 Å². The van der Waals surface area contributed by atoms with Gasteiger partial charge < -0.3 is 5.32 Å². The van der Waals surface area contributed by atoms with Crippen LogP contribution in [0.5, 0.6) is 0 Å². The summed E-state index contributed by atoms with van der Waals surface area (Å²) >= 11 is 5.87. The van der Waals surface area contributed by atoms with Crippen molar-refractivity contribution in [2.24, 2.45) is 0 Å². The zero-order valence-corrected chi connectivity index (χ0v) is 17.6. The number of anilines is 1. The Kier molecular flexibility index (Phi) is 6.89. The largest absolute Gasteiger partial charge is 0.350 e. The second-order valence-electron chi connectivity index (χ2n) is 6.60. The number of sulfonamides is 1. The van der Waals surface area contributed by atoms with Crippen LogP contribution in [0.4, 0.5) is 5.69 Å². The number of benzene rings is 2. The Hall–Kier alpha value is -2.05. The number of carbonyl (C=O) groups excluding carboxylic acids is 1. The van der Waals surface area contributed by atoms with Gasteiger partial charge in [0.2, 0.25) is 15.9 Å². The predicted molar refractivity (Wildman–Crippen MR) is 111 cm³/mol. The van der Waals surface area contributed by atoms with Crippen LogP contribution in [0.1, 0.15) is 30.0 Å². The van der Waals surface area contributed by atoms with E-state index in [4.69, 9.17) is 11.6 Å². The minimum Gasteiger partial charge on any atom is -0.350 e. The summed E-state index contributed by atoms with van der Waals surface area (Å²) in [6.07, 6.45) is 1.48. The lowest BCUT2D eigenvalue weighted by molar-refractivity contribution is -0.122. The molecule has 0 bridgehead atoms. The molecule has 0 unspecified atom stereocenters. The smallest absolute Gasteiger partial charge is 0.244 e. The average molecular weight is 409 g/mol. The minimum atomic E-state index is -3.64. The molecule has 2 aromatic carbocycles. The minimum absolute atomic E-state index is 0.303. The van der Waals surface area contributed by atoms with Crippen LogP contribution >= 0.6 is 11.6 Å². The number of hydrogen-bond donors (Lipinski definition) is 1. The third kappa shape index (κ3) is 5.47. The number of rotatable bonds is 7. The van der Waals surface area contributed by atoms with Gasteiger partial charge in [-0.15, -0.1) is 0 Å². The van der Waals surface area contributed by atoms with Crippen molar-refractivity contribution in [3.63, 3.8) is 0 Å². The fourth-order valence-corrected chi connectivity index (χ4v) is 4.16. The van der Waals surface area contributed by atoms with Crippen LogP contribution < -0.4 is 9.62 Å². The number of nitrogens with one attached hydrogen (secondary N) is 1. The summed E-state index contributed by atoms with van der Waals surface area (Å²) in [7, 11) is -3.64. The fourth-order valence-electron chi connectivity index (χ4n) is 2.83. The Labute approximate surface area is 166 Å². The molecule has 0 radical (unpaired) electrons. The van der Waals surface area contributed by atoms with Gasteiger partial charge in [-0.3, -0.25) is 9.10 Å². The normalized spacial score (nSPS) is 12.5. The SMILES string of the molecule is CC[C@@H](C(=O)NCc1ccc(Cl)cc1)N(c1ccc(C)c(C)c1)S(C)(=O)=O. The maximum absolute atomic E-state index is 12.8. The molecule has 7 heteroatoms. The van der Waals surface area contributed by atoms with Gasteiger partial charge in [0.25, 0.3) is 0 Å². The van der Waals surface area contributed by atoms with Gasteiger partial charge in [0.05, 0.1) is 11.9 Å². The molecule has 2 aromatic rings. The highest BCUT2D eigenvalue weighted by Crippen LogP contribution is 2.25. The Balaban J connectivity index is 2.27. The van der Waals surface area contributed by atoms with Gasteiger partial charge >= 0.3 is 0 Å². The van der Waals surface area contributed by atoms with Crippen molar-refractivity contribution < 1.29 is 13.2 Å². The van der Waals surface area contributed by atoms with Gasteiger partial charge in [-0.1, -0.05) is 36.7 Å². The standard InChI is InChI=1S/C20H25ClN2O3S/c1-5-19(20(24)22-13-16-7-9-17(21)10-8-16)23(27(4,25)26)18-11-6-14(2)15(3)12-18/h6-12,19H,5,13H2,1-4H3,(H,22,24)/t19-/m0/s1. The first-order valence-electron chi connectivity index (χ1n) is 8.72. The van der Waals surface area contributed by atoms with Gasteiger partial charge in [0.1, 0.15) is 6.04 Å². The second-order valence-corrected chi connectivity index (χ2v) is 8.89. The highest BCUT2D eigenvalue weighted by atomic mass is 35.5. The summed E-state index contributed by atoms with van der Waals surface area (Å²) < 4.78 is 26.2. The number of carbonyl (C=O) groups is 1. The summed E-state index contributed by atoms with van der Waals surface area (Å²) in [6, 6.07) is 11.7. The van der Waals surface area contributed by atoms with E-state index in [0.717, 1.165) is 22.9 Å². The molecule has 0 aromatic heterocycles. The monoisotopic (exact) mass is 408 g/mol. The van der Waals surface area contributed by atoms with E-state index in [0.29, 0.717) is 23.7 Å².